The van der Waals surface area contributed by atoms with Crippen LogP contribution in [0.25, 0.3) is 0 Å². The largest absolute Gasteiger partial charge is 0.338 e. The quantitative estimate of drug-likeness (QED) is 0.370. The summed E-state index contributed by atoms with van der Waals surface area (Å²) < 4.78 is 8.43. The first-order chi connectivity index (χ1) is 8.64. The van der Waals surface area contributed by atoms with Crippen LogP contribution in [0.1, 0.15) is 66.2 Å². The van der Waals surface area contributed by atoms with Gasteiger partial charge in [0, 0.05) is 19.3 Å². The van der Waals surface area contributed by atoms with Gasteiger partial charge in [-0.15, -0.1) is 0 Å². The lowest BCUT2D eigenvalue weighted by atomic mass is 10.1. The maximum Gasteiger partial charge on any atom is 0.131 e. The molecule has 0 heterocycles. The van der Waals surface area contributed by atoms with Gasteiger partial charge in [0.25, 0.3) is 0 Å². The molecule has 1 atom stereocenters. The molecule has 0 amide bonds. The highest BCUT2D eigenvalue weighted by Crippen LogP contribution is 2.50. The average Bonchev–Trinajstić information content (AvgIpc) is 2.39. The summed E-state index contributed by atoms with van der Waals surface area (Å²) in [6.07, 6.45) is 7.14. The van der Waals surface area contributed by atoms with Crippen molar-refractivity contribution in [2.75, 3.05) is 25.9 Å². The first-order valence-electron chi connectivity index (χ1n) is 7.63. The lowest BCUT2D eigenvalue weighted by molar-refractivity contribution is 0.298. The first kappa shape index (κ1) is 18.6. The Kier molecular flexibility index (Phi) is 11.8. The Bertz CT molecular complexity index is 232. The van der Waals surface area contributed by atoms with E-state index >= 15 is 0 Å². The Hall–Kier alpha value is 0.570. The molecule has 0 aliphatic rings. The highest BCUT2D eigenvalue weighted by molar-refractivity contribution is 8.11. The number of hydrogen-bond acceptors (Lipinski definition) is 2. The molecule has 0 aromatic rings. The zero-order valence-corrected chi connectivity index (χ0v) is 14.5. The minimum Gasteiger partial charge on any atom is -0.338 e. The van der Waals surface area contributed by atoms with Crippen LogP contribution in [0.2, 0.25) is 0 Å². The fourth-order valence-electron chi connectivity index (χ4n) is 2.12. The standard InChI is InChI=1S/C14H32NOPS/c1-5-9-10-11-12-13-14-16-17(18,8-4)15(6-2)7-3/h5-14H2,1-4H3. The molecule has 0 radical (unpaired) electrons. The van der Waals surface area contributed by atoms with Crippen LogP contribution in [0.4, 0.5) is 0 Å². The molecule has 4 heteroatoms. The third-order valence-electron chi connectivity index (χ3n) is 3.35. The normalized spacial score (nSPS) is 14.9. The molecule has 0 saturated heterocycles. The topological polar surface area (TPSA) is 12.5 Å². The van der Waals surface area contributed by atoms with E-state index in [9.17, 15) is 0 Å². The number of unbranched alkanes of at least 4 members (excludes halogenated alkanes) is 5. The van der Waals surface area contributed by atoms with E-state index in [-0.39, 0.29) is 0 Å². The lowest BCUT2D eigenvalue weighted by Crippen LogP contribution is -2.22. The van der Waals surface area contributed by atoms with E-state index in [0.717, 1.165) is 25.9 Å². The molecule has 0 aromatic carbocycles. The molecule has 1 unspecified atom stereocenters. The molecule has 0 aromatic heterocycles. The van der Waals surface area contributed by atoms with Crippen LogP contribution < -0.4 is 0 Å². The summed E-state index contributed by atoms with van der Waals surface area (Å²) in [5, 5.41) is 0. The Morgan fingerprint density at radius 1 is 0.889 bits per heavy atom. The molecular formula is C14H32NOPS. The molecule has 0 aliphatic heterocycles. The van der Waals surface area contributed by atoms with Gasteiger partial charge in [0.15, 0.2) is 0 Å². The minimum absolute atomic E-state index is 0.855. The average molecular weight is 293 g/mol. The Labute approximate surface area is 120 Å². The van der Waals surface area contributed by atoms with E-state index in [1.54, 1.807) is 0 Å². The summed E-state index contributed by atoms with van der Waals surface area (Å²) >= 11 is 5.76. The summed E-state index contributed by atoms with van der Waals surface area (Å²) in [5.74, 6) is 0. The SMILES string of the molecule is CCCCCCCCOP(=S)(CC)N(CC)CC. The predicted molar refractivity (Wildman–Crippen MR) is 87.1 cm³/mol. The summed E-state index contributed by atoms with van der Waals surface area (Å²) in [7, 11) is 0. The fraction of sp³-hybridized carbons (Fsp3) is 1.00. The van der Waals surface area contributed by atoms with Crippen molar-refractivity contribution >= 4 is 18.2 Å². The molecule has 0 fully saturated rings. The minimum atomic E-state index is -1.71. The summed E-state index contributed by atoms with van der Waals surface area (Å²) in [5.41, 5.74) is 0. The fourth-order valence-corrected chi connectivity index (χ4v) is 5.06. The number of nitrogens with zero attached hydrogens (tertiary/aromatic N) is 1. The number of rotatable bonds is 12. The molecular weight excluding hydrogens is 261 g/mol. The van der Waals surface area contributed by atoms with Crippen molar-refractivity contribution < 1.29 is 4.52 Å². The van der Waals surface area contributed by atoms with Crippen molar-refractivity contribution in [1.82, 2.24) is 4.67 Å². The van der Waals surface area contributed by atoms with Crippen LogP contribution in [0, 0.1) is 0 Å². The number of hydrogen-bond donors (Lipinski definition) is 0. The van der Waals surface area contributed by atoms with Gasteiger partial charge in [0.2, 0.25) is 0 Å². The van der Waals surface area contributed by atoms with Crippen molar-refractivity contribution in [3.8, 4) is 0 Å². The van der Waals surface area contributed by atoms with Crippen molar-refractivity contribution in [1.29, 1.82) is 0 Å². The smallest absolute Gasteiger partial charge is 0.131 e. The molecule has 110 valence electrons. The van der Waals surface area contributed by atoms with E-state index in [1.807, 2.05) is 0 Å². The van der Waals surface area contributed by atoms with Crippen LogP contribution >= 0.6 is 6.42 Å². The van der Waals surface area contributed by atoms with Crippen LogP contribution in [0.3, 0.4) is 0 Å². The van der Waals surface area contributed by atoms with E-state index in [2.05, 4.69) is 32.4 Å². The zero-order chi connectivity index (χ0) is 13.9. The third-order valence-corrected chi connectivity index (χ3v) is 7.95. The summed E-state index contributed by atoms with van der Waals surface area (Å²) in [6.45, 7) is 11.7. The summed E-state index contributed by atoms with van der Waals surface area (Å²) in [6, 6.07) is 0. The molecule has 18 heavy (non-hydrogen) atoms. The van der Waals surface area contributed by atoms with Crippen LogP contribution in [-0.2, 0) is 16.3 Å². The molecule has 0 aliphatic carbocycles. The van der Waals surface area contributed by atoms with Crippen molar-refractivity contribution in [3.05, 3.63) is 0 Å². The maximum absolute atomic E-state index is 6.08. The summed E-state index contributed by atoms with van der Waals surface area (Å²) in [4.78, 5) is 0. The highest BCUT2D eigenvalue weighted by Gasteiger charge is 2.21. The Morgan fingerprint density at radius 3 is 1.94 bits per heavy atom. The van der Waals surface area contributed by atoms with E-state index < -0.39 is 6.42 Å². The van der Waals surface area contributed by atoms with E-state index in [4.69, 9.17) is 16.3 Å². The van der Waals surface area contributed by atoms with Gasteiger partial charge < -0.3 is 4.52 Å². The molecule has 0 saturated carbocycles. The van der Waals surface area contributed by atoms with E-state index in [1.165, 1.54) is 38.5 Å². The highest BCUT2D eigenvalue weighted by atomic mass is 32.4. The second-order valence-electron chi connectivity index (χ2n) is 4.69. The van der Waals surface area contributed by atoms with Crippen molar-refractivity contribution in [3.63, 3.8) is 0 Å². The zero-order valence-electron chi connectivity index (χ0n) is 12.8. The second-order valence-corrected chi connectivity index (χ2v) is 9.14. The second kappa shape index (κ2) is 11.4. The lowest BCUT2D eigenvalue weighted by Gasteiger charge is -2.32. The monoisotopic (exact) mass is 293 g/mol. The van der Waals surface area contributed by atoms with Gasteiger partial charge in [-0.2, -0.15) is 0 Å². The molecule has 0 rings (SSSR count). The van der Waals surface area contributed by atoms with Gasteiger partial charge in [-0.25, -0.2) is 0 Å². The Balaban J connectivity index is 3.83. The van der Waals surface area contributed by atoms with Crippen LogP contribution in [0.15, 0.2) is 0 Å². The van der Waals surface area contributed by atoms with Gasteiger partial charge in [-0.3, -0.25) is 4.67 Å². The van der Waals surface area contributed by atoms with E-state index in [0.29, 0.717) is 0 Å². The van der Waals surface area contributed by atoms with Gasteiger partial charge in [0.1, 0.15) is 6.42 Å². The van der Waals surface area contributed by atoms with Gasteiger partial charge >= 0.3 is 0 Å². The molecule has 0 N–H and O–H groups in total. The Morgan fingerprint density at radius 2 is 1.44 bits per heavy atom. The maximum atomic E-state index is 6.08. The van der Waals surface area contributed by atoms with Gasteiger partial charge in [-0.05, 0) is 6.42 Å². The third kappa shape index (κ3) is 7.23. The first-order valence-corrected chi connectivity index (χ1v) is 10.5. The molecule has 0 spiro atoms. The van der Waals surface area contributed by atoms with Gasteiger partial charge in [0.05, 0.1) is 6.61 Å². The molecule has 0 bridgehead atoms. The van der Waals surface area contributed by atoms with Crippen molar-refractivity contribution in [2.24, 2.45) is 0 Å². The van der Waals surface area contributed by atoms with Crippen LogP contribution in [-0.4, -0.2) is 30.5 Å². The predicted octanol–water partition coefficient (Wildman–Crippen LogP) is 5.03. The van der Waals surface area contributed by atoms with Crippen molar-refractivity contribution in [2.45, 2.75) is 66.2 Å². The van der Waals surface area contributed by atoms with Crippen LogP contribution in [0.5, 0.6) is 0 Å². The molecule has 2 nitrogen and oxygen atoms in total. The van der Waals surface area contributed by atoms with Gasteiger partial charge in [-0.1, -0.05) is 71.6 Å².